The van der Waals surface area contributed by atoms with Crippen molar-refractivity contribution in [2.24, 2.45) is 0 Å². The topological polar surface area (TPSA) is 30.7 Å². The highest BCUT2D eigenvalue weighted by atomic mass is 15.0. The summed E-state index contributed by atoms with van der Waals surface area (Å²) in [5, 5.41) is 2.46. The lowest BCUT2D eigenvalue weighted by atomic mass is 9.79. The Morgan fingerprint density at radius 1 is 0.362 bits per heavy atom. The molecule has 0 unspecified atom stereocenters. The zero-order valence-electron chi connectivity index (χ0n) is 32.4. The third-order valence-corrected chi connectivity index (χ3v) is 12.2. The summed E-state index contributed by atoms with van der Waals surface area (Å²) in [6.07, 6.45) is 7.53. The van der Waals surface area contributed by atoms with Gasteiger partial charge in [-0.2, -0.15) is 0 Å². The maximum Gasteiger partial charge on any atom is 0.0645 e. The van der Waals surface area contributed by atoms with E-state index in [4.69, 9.17) is 0 Å². The van der Waals surface area contributed by atoms with Crippen LogP contribution in [-0.2, 0) is 5.41 Å². The lowest BCUT2D eigenvalue weighted by Crippen LogP contribution is -2.15. The van der Waals surface area contributed by atoms with Crippen molar-refractivity contribution >= 4 is 21.8 Å². The number of pyridine rings is 2. The van der Waals surface area contributed by atoms with Gasteiger partial charge in [-0.3, -0.25) is 9.97 Å². The zero-order chi connectivity index (χ0) is 38.8. The molecule has 0 aliphatic heterocycles. The monoisotopic (exact) mass is 741 g/mol. The Morgan fingerprint density at radius 3 is 1.48 bits per heavy atom. The number of nitrogens with zero attached hydrogens (tertiary/aromatic N) is 3. The molecule has 7 aromatic carbocycles. The summed E-state index contributed by atoms with van der Waals surface area (Å²) in [5.41, 5.74) is 20.5. The highest BCUT2D eigenvalue weighted by molar-refractivity contribution is 6.11. The van der Waals surface area contributed by atoms with Gasteiger partial charge in [0.2, 0.25) is 0 Å². The summed E-state index contributed by atoms with van der Waals surface area (Å²) in [5.74, 6) is 0. The van der Waals surface area contributed by atoms with Gasteiger partial charge in [0.05, 0.1) is 22.9 Å². The molecule has 0 atom stereocenters. The fraction of sp³-hybridized carbons (Fsp3) is 0.0545. The van der Waals surface area contributed by atoms with Crippen LogP contribution in [0.5, 0.6) is 0 Å². The summed E-state index contributed by atoms with van der Waals surface area (Å²) >= 11 is 0. The lowest BCUT2D eigenvalue weighted by Gasteiger charge is -2.24. The van der Waals surface area contributed by atoms with E-state index in [1.165, 1.54) is 88.6 Å². The van der Waals surface area contributed by atoms with E-state index >= 15 is 0 Å². The van der Waals surface area contributed by atoms with Crippen LogP contribution in [0.25, 0.3) is 94.3 Å². The second-order valence-corrected chi connectivity index (χ2v) is 15.9. The second-order valence-electron chi connectivity index (χ2n) is 15.9. The molecule has 0 N–H and O–H groups in total. The van der Waals surface area contributed by atoms with Crippen molar-refractivity contribution in [3.8, 4) is 72.4 Å². The van der Waals surface area contributed by atoms with E-state index in [-0.39, 0.29) is 5.41 Å². The molecule has 0 fully saturated rings. The van der Waals surface area contributed by atoms with Crippen LogP contribution in [0.1, 0.15) is 25.0 Å². The summed E-state index contributed by atoms with van der Waals surface area (Å²) in [6.45, 7) is 4.79. The van der Waals surface area contributed by atoms with E-state index in [1.807, 2.05) is 36.9 Å². The molecule has 3 heterocycles. The molecule has 0 spiro atoms. The minimum Gasteiger partial charge on any atom is -0.308 e. The van der Waals surface area contributed by atoms with Crippen LogP contribution in [0.4, 0.5) is 0 Å². The van der Waals surface area contributed by atoms with E-state index in [2.05, 4.69) is 192 Å². The zero-order valence-corrected chi connectivity index (χ0v) is 32.4. The summed E-state index contributed by atoms with van der Waals surface area (Å²) in [6, 6.07) is 64.5. The Hall–Kier alpha value is -7.36. The predicted molar refractivity (Wildman–Crippen MR) is 241 cm³/mol. The SMILES string of the molecule is CC1(C)c2cc(-c3ccc(-c4cccnc4)cc3)c(-c3ccccc3)cc2-c2cc(-c3ccccc3)c(-c3ccc4c(c3)c3ccccc3n4-c3cccnc3)cc21. The first-order valence-corrected chi connectivity index (χ1v) is 20.0. The van der Waals surface area contributed by atoms with Gasteiger partial charge >= 0.3 is 0 Å². The average molecular weight is 742 g/mol. The van der Waals surface area contributed by atoms with E-state index in [9.17, 15) is 0 Å². The molecule has 0 saturated heterocycles. The van der Waals surface area contributed by atoms with E-state index < -0.39 is 0 Å². The first-order valence-electron chi connectivity index (χ1n) is 20.0. The van der Waals surface area contributed by atoms with Gasteiger partial charge in [-0.25, -0.2) is 0 Å². The molecular formula is C55H39N3. The number of hydrogen-bond acceptors (Lipinski definition) is 2. The maximum absolute atomic E-state index is 4.47. The van der Waals surface area contributed by atoms with Crippen molar-refractivity contribution in [1.82, 2.24) is 14.5 Å². The van der Waals surface area contributed by atoms with Crippen molar-refractivity contribution in [3.05, 3.63) is 212 Å². The number of rotatable bonds is 6. The van der Waals surface area contributed by atoms with Gasteiger partial charge in [-0.05, 0) is 139 Å². The molecule has 10 aromatic rings. The van der Waals surface area contributed by atoms with Crippen LogP contribution in [-0.4, -0.2) is 14.5 Å². The minimum atomic E-state index is -0.241. The lowest BCUT2D eigenvalue weighted by molar-refractivity contribution is 0.661. The van der Waals surface area contributed by atoms with Crippen LogP contribution in [0.3, 0.4) is 0 Å². The average Bonchev–Trinajstić information content (AvgIpc) is 3.73. The molecule has 1 aliphatic carbocycles. The molecule has 274 valence electrons. The van der Waals surface area contributed by atoms with E-state index in [0.717, 1.165) is 16.8 Å². The van der Waals surface area contributed by atoms with Gasteiger partial charge in [0.1, 0.15) is 0 Å². The number of para-hydroxylation sites is 1. The quantitative estimate of drug-likeness (QED) is 0.170. The van der Waals surface area contributed by atoms with E-state index in [1.54, 1.807) is 0 Å². The summed E-state index contributed by atoms with van der Waals surface area (Å²) < 4.78 is 2.33. The van der Waals surface area contributed by atoms with Crippen LogP contribution >= 0.6 is 0 Å². The maximum atomic E-state index is 4.47. The van der Waals surface area contributed by atoms with Gasteiger partial charge in [-0.1, -0.05) is 129 Å². The largest absolute Gasteiger partial charge is 0.308 e. The van der Waals surface area contributed by atoms with Crippen LogP contribution < -0.4 is 0 Å². The Labute approximate surface area is 338 Å². The molecule has 3 aromatic heterocycles. The molecule has 1 aliphatic rings. The summed E-state index contributed by atoms with van der Waals surface area (Å²) in [4.78, 5) is 8.82. The number of aromatic nitrogens is 3. The Morgan fingerprint density at radius 2 is 0.862 bits per heavy atom. The molecular weight excluding hydrogens is 703 g/mol. The Balaban J connectivity index is 1.12. The number of fused-ring (bicyclic) bond motifs is 6. The Kier molecular flexibility index (Phi) is 7.84. The van der Waals surface area contributed by atoms with Crippen molar-refractivity contribution in [2.75, 3.05) is 0 Å². The fourth-order valence-electron chi connectivity index (χ4n) is 9.30. The predicted octanol–water partition coefficient (Wildman–Crippen LogP) is 14.2. The fourth-order valence-corrected chi connectivity index (χ4v) is 9.30. The third kappa shape index (κ3) is 5.43. The van der Waals surface area contributed by atoms with Gasteiger partial charge in [-0.15, -0.1) is 0 Å². The molecule has 0 bridgehead atoms. The highest BCUT2D eigenvalue weighted by Gasteiger charge is 2.38. The molecule has 3 nitrogen and oxygen atoms in total. The normalized spacial score (nSPS) is 12.8. The van der Waals surface area contributed by atoms with Gasteiger partial charge in [0.25, 0.3) is 0 Å². The summed E-state index contributed by atoms with van der Waals surface area (Å²) in [7, 11) is 0. The van der Waals surface area contributed by atoms with E-state index in [0.29, 0.717) is 0 Å². The smallest absolute Gasteiger partial charge is 0.0645 e. The molecule has 58 heavy (non-hydrogen) atoms. The van der Waals surface area contributed by atoms with Crippen LogP contribution in [0, 0.1) is 0 Å². The first-order chi connectivity index (χ1) is 28.5. The third-order valence-electron chi connectivity index (χ3n) is 12.2. The molecule has 0 radical (unpaired) electrons. The molecule has 0 amide bonds. The second kappa shape index (κ2) is 13.4. The van der Waals surface area contributed by atoms with Crippen LogP contribution in [0.2, 0.25) is 0 Å². The first kappa shape index (κ1) is 33.9. The van der Waals surface area contributed by atoms with Gasteiger partial charge in [0.15, 0.2) is 0 Å². The van der Waals surface area contributed by atoms with Gasteiger partial charge < -0.3 is 4.57 Å². The standard InChI is InChI=1S/C55H39N3/c1-55(2)51-32-46(39-23-21-36(22-24-39)41-17-11-27-56-34-41)44(37-13-5-3-6-14-37)30-48(51)49-31-45(38-15-7-4-8-16-38)47(33-52(49)55)40-25-26-54-50(29-40)43-19-9-10-20-53(43)58(54)42-18-12-28-57-35-42/h3-35H,1-2H3. The molecule has 11 rings (SSSR count). The highest BCUT2D eigenvalue weighted by Crippen LogP contribution is 2.54. The number of benzene rings is 7. The van der Waals surface area contributed by atoms with Crippen molar-refractivity contribution in [3.63, 3.8) is 0 Å². The number of hydrogen-bond donors (Lipinski definition) is 0. The van der Waals surface area contributed by atoms with Crippen LogP contribution in [0.15, 0.2) is 201 Å². The Bertz CT molecular complexity index is 3150. The minimum absolute atomic E-state index is 0.241. The van der Waals surface area contributed by atoms with Crippen molar-refractivity contribution < 1.29 is 0 Å². The van der Waals surface area contributed by atoms with Crippen molar-refractivity contribution in [2.45, 2.75) is 19.3 Å². The molecule has 0 saturated carbocycles. The van der Waals surface area contributed by atoms with Gasteiger partial charge in [0, 0.05) is 34.8 Å². The van der Waals surface area contributed by atoms with Crippen molar-refractivity contribution in [1.29, 1.82) is 0 Å². The molecule has 3 heteroatoms.